The van der Waals surface area contributed by atoms with Crippen LogP contribution in [0.5, 0.6) is 17.2 Å². The lowest BCUT2D eigenvalue weighted by molar-refractivity contribution is 0.168. The molecule has 0 amide bonds. The van der Waals surface area contributed by atoms with Crippen LogP contribution < -0.4 is 14.2 Å². The number of hydrogen-bond acceptors (Lipinski definition) is 4. The van der Waals surface area contributed by atoms with Crippen molar-refractivity contribution in [3.8, 4) is 17.2 Å². The Morgan fingerprint density at radius 2 is 2.12 bits per heavy atom. The molecule has 4 nitrogen and oxygen atoms in total. The van der Waals surface area contributed by atoms with Gasteiger partial charge in [-0.2, -0.15) is 0 Å². The first-order chi connectivity index (χ1) is 7.60. The molecule has 1 aromatic rings. The van der Waals surface area contributed by atoms with Crippen LogP contribution in [-0.4, -0.2) is 25.6 Å². The van der Waals surface area contributed by atoms with E-state index in [0.717, 1.165) is 5.56 Å². The van der Waals surface area contributed by atoms with Crippen molar-refractivity contribution in [1.82, 2.24) is 0 Å². The minimum Gasteiger partial charge on any atom is -0.496 e. The summed E-state index contributed by atoms with van der Waals surface area (Å²) >= 11 is 0. The molecule has 4 heteroatoms. The second kappa shape index (κ2) is 3.87. The fourth-order valence-corrected chi connectivity index (χ4v) is 1.84. The fraction of sp³-hybridized carbons (Fsp3) is 0.500. The first kappa shape index (κ1) is 11.1. The monoisotopic (exact) mass is 224 g/mol. The van der Waals surface area contributed by atoms with Crippen LogP contribution in [0.15, 0.2) is 12.1 Å². The van der Waals surface area contributed by atoms with Gasteiger partial charge in [-0.3, -0.25) is 0 Å². The van der Waals surface area contributed by atoms with Crippen LogP contribution in [0.25, 0.3) is 0 Å². The van der Waals surface area contributed by atoms with E-state index in [1.165, 1.54) is 0 Å². The Kier molecular flexibility index (Phi) is 2.68. The zero-order valence-corrected chi connectivity index (χ0v) is 9.74. The zero-order valence-electron chi connectivity index (χ0n) is 9.74. The molecule has 0 bridgehead atoms. The normalized spacial score (nSPS) is 14.0. The summed E-state index contributed by atoms with van der Waals surface area (Å²) in [4.78, 5) is 0. The van der Waals surface area contributed by atoms with Crippen LogP contribution in [0.2, 0.25) is 0 Å². The summed E-state index contributed by atoms with van der Waals surface area (Å²) in [6, 6.07) is 3.65. The number of ether oxygens (including phenoxy) is 3. The molecule has 88 valence electrons. The van der Waals surface area contributed by atoms with Gasteiger partial charge in [0.05, 0.1) is 13.7 Å². The maximum atomic E-state index is 9.45. The average molecular weight is 224 g/mol. The molecule has 1 aliphatic heterocycles. The van der Waals surface area contributed by atoms with Crippen molar-refractivity contribution in [3.63, 3.8) is 0 Å². The second-order valence-electron chi connectivity index (χ2n) is 4.42. The highest BCUT2D eigenvalue weighted by Crippen LogP contribution is 2.46. The first-order valence-electron chi connectivity index (χ1n) is 5.18. The Bertz CT molecular complexity index is 398. The van der Waals surface area contributed by atoms with Gasteiger partial charge < -0.3 is 19.3 Å². The van der Waals surface area contributed by atoms with Crippen LogP contribution in [0.1, 0.15) is 19.4 Å². The first-order valence-corrected chi connectivity index (χ1v) is 5.18. The Hall–Kier alpha value is -1.42. The molecule has 0 saturated carbocycles. The van der Waals surface area contributed by atoms with Crippen LogP contribution in [0, 0.1) is 0 Å². The molecule has 0 fully saturated rings. The van der Waals surface area contributed by atoms with Gasteiger partial charge in [-0.25, -0.2) is 0 Å². The van der Waals surface area contributed by atoms with Crippen LogP contribution >= 0.6 is 0 Å². The number of aliphatic hydroxyl groups is 1. The molecule has 0 unspecified atom stereocenters. The highest BCUT2D eigenvalue weighted by Gasteiger charge is 2.32. The molecule has 1 aliphatic rings. The average Bonchev–Trinajstić information content (AvgIpc) is 2.75. The molecule has 2 rings (SSSR count). The predicted molar refractivity (Wildman–Crippen MR) is 59.2 cm³/mol. The van der Waals surface area contributed by atoms with Crippen molar-refractivity contribution < 1.29 is 19.3 Å². The van der Waals surface area contributed by atoms with E-state index in [2.05, 4.69) is 0 Å². The Labute approximate surface area is 94.8 Å². The molecular weight excluding hydrogens is 208 g/mol. The SMILES string of the molecule is COc1ccc2c(c1C(C)(C)CO)OCO2. The summed E-state index contributed by atoms with van der Waals surface area (Å²) in [6.45, 7) is 4.11. The number of benzene rings is 1. The van der Waals surface area contributed by atoms with Gasteiger partial charge in [0.25, 0.3) is 0 Å². The van der Waals surface area contributed by atoms with Gasteiger partial charge in [0, 0.05) is 11.0 Å². The summed E-state index contributed by atoms with van der Waals surface area (Å²) in [7, 11) is 1.61. The van der Waals surface area contributed by atoms with E-state index in [0.29, 0.717) is 17.2 Å². The van der Waals surface area contributed by atoms with Crippen LogP contribution in [0.4, 0.5) is 0 Å². The molecule has 0 saturated heterocycles. The van der Waals surface area contributed by atoms with Crippen LogP contribution in [-0.2, 0) is 5.41 Å². The van der Waals surface area contributed by atoms with Crippen molar-refractivity contribution in [2.45, 2.75) is 19.3 Å². The van der Waals surface area contributed by atoms with E-state index in [4.69, 9.17) is 14.2 Å². The molecule has 0 aromatic heterocycles. The van der Waals surface area contributed by atoms with Crippen molar-refractivity contribution in [2.75, 3.05) is 20.5 Å². The largest absolute Gasteiger partial charge is 0.496 e. The Morgan fingerprint density at radius 1 is 1.38 bits per heavy atom. The van der Waals surface area contributed by atoms with Gasteiger partial charge in [0.1, 0.15) is 5.75 Å². The van der Waals surface area contributed by atoms with E-state index in [9.17, 15) is 5.11 Å². The van der Waals surface area contributed by atoms with Gasteiger partial charge in [0.2, 0.25) is 6.79 Å². The van der Waals surface area contributed by atoms with Gasteiger partial charge in [-0.05, 0) is 12.1 Å². The maximum absolute atomic E-state index is 9.45. The highest BCUT2D eigenvalue weighted by atomic mass is 16.7. The summed E-state index contributed by atoms with van der Waals surface area (Å²) in [5.74, 6) is 2.10. The molecule has 0 radical (unpaired) electrons. The Morgan fingerprint density at radius 3 is 2.75 bits per heavy atom. The third-order valence-electron chi connectivity index (χ3n) is 2.79. The lowest BCUT2D eigenvalue weighted by Gasteiger charge is -2.25. The lowest BCUT2D eigenvalue weighted by atomic mass is 9.84. The second-order valence-corrected chi connectivity index (χ2v) is 4.42. The molecule has 0 aliphatic carbocycles. The highest BCUT2D eigenvalue weighted by molar-refractivity contribution is 5.58. The third kappa shape index (κ3) is 1.59. The van der Waals surface area contributed by atoms with E-state index < -0.39 is 5.41 Å². The van der Waals surface area contributed by atoms with E-state index in [1.54, 1.807) is 7.11 Å². The summed E-state index contributed by atoms with van der Waals surface area (Å²) in [6.07, 6.45) is 0. The molecule has 1 aromatic carbocycles. The zero-order chi connectivity index (χ0) is 11.8. The summed E-state index contributed by atoms with van der Waals surface area (Å²) < 4.78 is 16.1. The Balaban J connectivity index is 2.60. The van der Waals surface area contributed by atoms with Crippen molar-refractivity contribution in [3.05, 3.63) is 17.7 Å². The van der Waals surface area contributed by atoms with E-state index in [1.807, 2.05) is 26.0 Å². The predicted octanol–water partition coefficient (Wildman–Crippen LogP) is 1.69. The van der Waals surface area contributed by atoms with Crippen molar-refractivity contribution in [1.29, 1.82) is 0 Å². The third-order valence-corrected chi connectivity index (χ3v) is 2.79. The number of fused-ring (bicyclic) bond motifs is 1. The molecule has 1 heterocycles. The molecule has 0 spiro atoms. The maximum Gasteiger partial charge on any atom is 0.231 e. The van der Waals surface area contributed by atoms with Gasteiger partial charge in [-0.15, -0.1) is 0 Å². The van der Waals surface area contributed by atoms with E-state index >= 15 is 0 Å². The van der Waals surface area contributed by atoms with Crippen molar-refractivity contribution in [2.24, 2.45) is 0 Å². The molecule has 0 atom stereocenters. The van der Waals surface area contributed by atoms with Crippen LogP contribution in [0.3, 0.4) is 0 Å². The lowest BCUT2D eigenvalue weighted by Crippen LogP contribution is -2.23. The topological polar surface area (TPSA) is 47.9 Å². The molecular formula is C12H16O4. The molecule has 1 N–H and O–H groups in total. The minimum absolute atomic E-state index is 0.0170. The summed E-state index contributed by atoms with van der Waals surface area (Å²) in [5, 5.41) is 9.45. The van der Waals surface area contributed by atoms with Gasteiger partial charge in [-0.1, -0.05) is 13.8 Å². The van der Waals surface area contributed by atoms with Gasteiger partial charge in [0.15, 0.2) is 11.5 Å². The number of hydrogen-bond donors (Lipinski definition) is 1. The molecule has 16 heavy (non-hydrogen) atoms. The quantitative estimate of drug-likeness (QED) is 0.848. The summed E-state index contributed by atoms with van der Waals surface area (Å²) in [5.41, 5.74) is 0.428. The van der Waals surface area contributed by atoms with Crippen molar-refractivity contribution >= 4 is 0 Å². The number of methoxy groups -OCH3 is 1. The smallest absolute Gasteiger partial charge is 0.231 e. The fourth-order valence-electron chi connectivity index (χ4n) is 1.84. The van der Waals surface area contributed by atoms with Gasteiger partial charge >= 0.3 is 0 Å². The standard InChI is InChI=1S/C12H16O4/c1-12(2,6-13)10-8(14-3)4-5-9-11(10)16-7-15-9/h4-5,13H,6-7H2,1-3H3. The van der Waals surface area contributed by atoms with E-state index in [-0.39, 0.29) is 13.4 Å². The number of aliphatic hydroxyl groups excluding tert-OH is 1. The minimum atomic E-state index is -0.426. The number of rotatable bonds is 3.